The maximum absolute atomic E-state index is 12.8. The number of imide groups is 1. The molecule has 1 aliphatic heterocycles. The van der Waals surface area contributed by atoms with E-state index in [4.69, 9.17) is 0 Å². The SMILES string of the molecule is CC(C)CNC(=O)NC(=O)CN1CCN(S(=O)(=O)c2ccc(C(C)C)cc2)CC1. The molecule has 0 saturated carbocycles. The van der Waals surface area contributed by atoms with Gasteiger partial charge in [0.2, 0.25) is 15.9 Å². The van der Waals surface area contributed by atoms with Crippen molar-refractivity contribution in [3.8, 4) is 0 Å². The molecular weight excluding hydrogens is 392 g/mol. The number of urea groups is 1. The molecule has 2 rings (SSSR count). The summed E-state index contributed by atoms with van der Waals surface area (Å²) in [7, 11) is -3.55. The van der Waals surface area contributed by atoms with Crippen molar-refractivity contribution in [1.29, 1.82) is 0 Å². The Bertz CT molecular complexity index is 798. The van der Waals surface area contributed by atoms with Gasteiger partial charge in [-0.15, -0.1) is 0 Å². The van der Waals surface area contributed by atoms with Crippen molar-refractivity contribution in [1.82, 2.24) is 19.8 Å². The lowest BCUT2D eigenvalue weighted by atomic mass is 10.0. The molecule has 0 spiro atoms. The lowest BCUT2D eigenvalue weighted by Gasteiger charge is -2.33. The van der Waals surface area contributed by atoms with Crippen molar-refractivity contribution in [2.75, 3.05) is 39.3 Å². The number of carbonyl (C=O) groups excluding carboxylic acids is 2. The van der Waals surface area contributed by atoms with Crippen LogP contribution in [0.15, 0.2) is 29.2 Å². The maximum Gasteiger partial charge on any atom is 0.321 e. The van der Waals surface area contributed by atoms with Crippen molar-refractivity contribution in [2.45, 2.75) is 38.5 Å². The van der Waals surface area contributed by atoms with Gasteiger partial charge in [-0.25, -0.2) is 13.2 Å². The number of amides is 3. The van der Waals surface area contributed by atoms with Gasteiger partial charge in [0, 0.05) is 32.7 Å². The minimum Gasteiger partial charge on any atom is -0.338 e. The minimum absolute atomic E-state index is 0.0616. The fraction of sp³-hybridized carbons (Fsp3) is 0.600. The summed E-state index contributed by atoms with van der Waals surface area (Å²) < 4.78 is 27.1. The largest absolute Gasteiger partial charge is 0.338 e. The van der Waals surface area contributed by atoms with Crippen LogP contribution in [0.1, 0.15) is 39.2 Å². The van der Waals surface area contributed by atoms with Gasteiger partial charge < -0.3 is 5.32 Å². The Morgan fingerprint density at radius 3 is 2.10 bits per heavy atom. The fourth-order valence-corrected chi connectivity index (χ4v) is 4.43. The average molecular weight is 425 g/mol. The lowest BCUT2D eigenvalue weighted by molar-refractivity contribution is -0.121. The molecule has 1 fully saturated rings. The van der Waals surface area contributed by atoms with E-state index in [2.05, 4.69) is 24.5 Å². The number of benzene rings is 1. The molecular formula is C20H32N4O4S. The van der Waals surface area contributed by atoms with Crippen molar-refractivity contribution < 1.29 is 18.0 Å². The third-order valence-corrected chi connectivity index (χ3v) is 6.72. The van der Waals surface area contributed by atoms with Gasteiger partial charge in [-0.05, 0) is 29.5 Å². The summed E-state index contributed by atoms with van der Waals surface area (Å²) in [4.78, 5) is 25.8. The number of sulfonamides is 1. The highest BCUT2D eigenvalue weighted by Gasteiger charge is 2.29. The summed E-state index contributed by atoms with van der Waals surface area (Å²) in [5, 5.41) is 4.93. The predicted octanol–water partition coefficient (Wildman–Crippen LogP) is 1.60. The van der Waals surface area contributed by atoms with E-state index in [0.717, 1.165) is 5.56 Å². The van der Waals surface area contributed by atoms with Crippen LogP contribution < -0.4 is 10.6 Å². The average Bonchev–Trinajstić information content (AvgIpc) is 2.66. The van der Waals surface area contributed by atoms with E-state index in [0.29, 0.717) is 44.6 Å². The summed E-state index contributed by atoms with van der Waals surface area (Å²) in [5.74, 6) is 0.244. The van der Waals surface area contributed by atoms with E-state index in [1.54, 1.807) is 12.1 Å². The Balaban J connectivity index is 1.84. The van der Waals surface area contributed by atoms with Crippen LogP contribution in [-0.2, 0) is 14.8 Å². The first kappa shape index (κ1) is 23.3. The molecule has 0 aliphatic carbocycles. The Morgan fingerprint density at radius 1 is 1.00 bits per heavy atom. The minimum atomic E-state index is -3.55. The summed E-state index contributed by atoms with van der Waals surface area (Å²) >= 11 is 0. The van der Waals surface area contributed by atoms with Crippen LogP contribution in [0.3, 0.4) is 0 Å². The lowest BCUT2D eigenvalue weighted by Crippen LogP contribution is -2.52. The molecule has 162 valence electrons. The fourth-order valence-electron chi connectivity index (χ4n) is 3.01. The van der Waals surface area contributed by atoms with Gasteiger partial charge in [-0.2, -0.15) is 4.31 Å². The summed E-state index contributed by atoms with van der Waals surface area (Å²) in [5.41, 5.74) is 1.09. The third-order valence-electron chi connectivity index (χ3n) is 4.81. The Kier molecular flexibility index (Phi) is 8.18. The zero-order valence-corrected chi connectivity index (χ0v) is 18.5. The van der Waals surface area contributed by atoms with E-state index in [9.17, 15) is 18.0 Å². The predicted molar refractivity (Wildman–Crippen MR) is 112 cm³/mol. The molecule has 1 aromatic rings. The summed E-state index contributed by atoms with van der Waals surface area (Å²) in [6, 6.07) is 6.50. The molecule has 1 aliphatic rings. The van der Waals surface area contributed by atoms with Crippen LogP contribution in [-0.4, -0.2) is 68.8 Å². The van der Waals surface area contributed by atoms with E-state index >= 15 is 0 Å². The zero-order chi connectivity index (χ0) is 21.6. The molecule has 8 nitrogen and oxygen atoms in total. The number of hydrogen-bond donors (Lipinski definition) is 2. The molecule has 1 aromatic carbocycles. The number of piperazine rings is 1. The topological polar surface area (TPSA) is 98.8 Å². The van der Waals surface area contributed by atoms with Gasteiger partial charge in [-0.1, -0.05) is 39.8 Å². The standard InChI is InChI=1S/C20H32N4O4S/c1-15(2)13-21-20(26)22-19(25)14-23-9-11-24(12-10-23)29(27,28)18-7-5-17(6-8-18)16(3)4/h5-8,15-16H,9-14H2,1-4H3,(H2,21,22,25,26). The molecule has 9 heteroatoms. The Hall–Kier alpha value is -1.97. The van der Waals surface area contributed by atoms with E-state index in [-0.39, 0.29) is 11.4 Å². The van der Waals surface area contributed by atoms with Crippen LogP contribution in [0.2, 0.25) is 0 Å². The normalized spacial score (nSPS) is 16.2. The number of carbonyl (C=O) groups is 2. The summed E-state index contributed by atoms with van der Waals surface area (Å²) in [6.45, 7) is 10.1. The molecule has 1 heterocycles. The van der Waals surface area contributed by atoms with E-state index in [1.165, 1.54) is 4.31 Å². The number of rotatable bonds is 7. The third kappa shape index (κ3) is 6.80. The van der Waals surface area contributed by atoms with Gasteiger partial charge in [0.05, 0.1) is 11.4 Å². The van der Waals surface area contributed by atoms with Gasteiger partial charge in [0.1, 0.15) is 0 Å². The maximum atomic E-state index is 12.8. The van der Waals surface area contributed by atoms with Gasteiger partial charge >= 0.3 is 6.03 Å². The highest BCUT2D eigenvalue weighted by molar-refractivity contribution is 7.89. The second kappa shape index (κ2) is 10.2. The molecule has 1 saturated heterocycles. The molecule has 0 unspecified atom stereocenters. The summed E-state index contributed by atoms with van der Waals surface area (Å²) in [6.07, 6.45) is 0. The van der Waals surface area contributed by atoms with Crippen LogP contribution in [0.25, 0.3) is 0 Å². The van der Waals surface area contributed by atoms with Gasteiger partial charge in [0.15, 0.2) is 0 Å². The molecule has 0 atom stereocenters. The molecule has 0 bridgehead atoms. The first-order valence-electron chi connectivity index (χ1n) is 9.99. The second-order valence-corrected chi connectivity index (χ2v) is 9.99. The Labute approximate surface area is 173 Å². The van der Waals surface area contributed by atoms with Crippen LogP contribution in [0.5, 0.6) is 0 Å². The van der Waals surface area contributed by atoms with Gasteiger partial charge in [0.25, 0.3) is 0 Å². The monoisotopic (exact) mass is 424 g/mol. The van der Waals surface area contributed by atoms with Gasteiger partial charge in [-0.3, -0.25) is 15.0 Å². The van der Waals surface area contributed by atoms with Crippen LogP contribution in [0, 0.1) is 5.92 Å². The smallest absolute Gasteiger partial charge is 0.321 e. The quantitative estimate of drug-likeness (QED) is 0.693. The second-order valence-electron chi connectivity index (χ2n) is 8.06. The molecule has 0 aromatic heterocycles. The highest BCUT2D eigenvalue weighted by atomic mass is 32.2. The number of hydrogen-bond acceptors (Lipinski definition) is 5. The molecule has 29 heavy (non-hydrogen) atoms. The van der Waals surface area contributed by atoms with Crippen LogP contribution in [0.4, 0.5) is 4.79 Å². The first-order chi connectivity index (χ1) is 13.6. The van der Waals surface area contributed by atoms with Crippen molar-refractivity contribution >= 4 is 22.0 Å². The number of nitrogens with zero attached hydrogens (tertiary/aromatic N) is 2. The van der Waals surface area contributed by atoms with Crippen LogP contribution >= 0.6 is 0 Å². The van der Waals surface area contributed by atoms with E-state index < -0.39 is 22.0 Å². The van der Waals surface area contributed by atoms with Crippen molar-refractivity contribution in [3.05, 3.63) is 29.8 Å². The highest BCUT2D eigenvalue weighted by Crippen LogP contribution is 2.21. The Morgan fingerprint density at radius 2 is 1.59 bits per heavy atom. The first-order valence-corrected chi connectivity index (χ1v) is 11.4. The molecule has 2 N–H and O–H groups in total. The van der Waals surface area contributed by atoms with Crippen molar-refractivity contribution in [2.24, 2.45) is 5.92 Å². The molecule has 0 radical (unpaired) electrons. The zero-order valence-electron chi connectivity index (χ0n) is 17.6. The molecule has 3 amide bonds. The van der Waals surface area contributed by atoms with Crippen molar-refractivity contribution in [3.63, 3.8) is 0 Å². The number of nitrogens with one attached hydrogen (secondary N) is 2. The van der Waals surface area contributed by atoms with E-state index in [1.807, 2.05) is 30.9 Å².